The highest BCUT2D eigenvalue weighted by atomic mass is 16.1. The lowest BCUT2D eigenvalue weighted by Gasteiger charge is -2.09. The molecule has 0 saturated heterocycles. The molecule has 5 nitrogen and oxygen atoms in total. The lowest BCUT2D eigenvalue weighted by Crippen LogP contribution is -2.20. The van der Waals surface area contributed by atoms with Gasteiger partial charge in [0, 0.05) is 17.1 Å². The van der Waals surface area contributed by atoms with Crippen LogP contribution in [-0.4, -0.2) is 14.3 Å². The maximum atomic E-state index is 13.4. The van der Waals surface area contributed by atoms with E-state index in [0.29, 0.717) is 17.6 Å². The number of pyridine rings is 1. The molecule has 5 heteroatoms. The molecule has 0 N–H and O–H groups in total. The monoisotopic (exact) mass is 416 g/mol. The molecule has 32 heavy (non-hydrogen) atoms. The molecule has 5 rings (SSSR count). The molecule has 0 spiro atoms. The summed E-state index contributed by atoms with van der Waals surface area (Å²) >= 11 is 0. The highest BCUT2D eigenvalue weighted by molar-refractivity contribution is 5.93. The first kappa shape index (κ1) is 19.5. The minimum atomic E-state index is -0.132. The summed E-state index contributed by atoms with van der Waals surface area (Å²) in [6, 6.07) is 29.4. The smallest absolute Gasteiger partial charge is 0.279 e. The Morgan fingerprint density at radius 3 is 2.31 bits per heavy atom. The number of nitriles is 1. The van der Waals surface area contributed by atoms with Crippen LogP contribution in [0.15, 0.2) is 95.9 Å². The Kier molecular flexibility index (Phi) is 4.89. The Hall–Kier alpha value is -4.43. The maximum Gasteiger partial charge on any atom is 0.279 e. The number of benzene rings is 3. The van der Waals surface area contributed by atoms with Crippen LogP contribution >= 0.6 is 0 Å². The van der Waals surface area contributed by atoms with Gasteiger partial charge in [-0.1, -0.05) is 60.2 Å². The standard InChI is InChI=1S/C27H20N4O/c1-19-7-13-23(14-8-19)31-26(22-11-9-20(17-28)10-12-22)24-15-16-30(27(32)25(24)29-31)18-21-5-3-2-4-6-21/h2-16H,18H2,1H3. The van der Waals surface area contributed by atoms with Gasteiger partial charge in [-0.25, -0.2) is 4.68 Å². The molecule has 3 aromatic carbocycles. The Bertz CT molecular complexity index is 1500. The van der Waals surface area contributed by atoms with Crippen molar-refractivity contribution in [2.75, 3.05) is 0 Å². The molecule has 0 radical (unpaired) electrons. The average Bonchev–Trinajstić information content (AvgIpc) is 3.22. The number of fused-ring (bicyclic) bond motifs is 1. The SMILES string of the molecule is Cc1ccc(-n2nc3c(=O)n(Cc4ccccc4)ccc3c2-c2ccc(C#N)cc2)cc1. The number of nitrogens with zero attached hydrogens (tertiary/aromatic N) is 4. The quantitative estimate of drug-likeness (QED) is 0.410. The third-order valence-electron chi connectivity index (χ3n) is 5.57. The largest absolute Gasteiger partial charge is 0.309 e. The van der Waals surface area contributed by atoms with Crippen LogP contribution in [0.3, 0.4) is 0 Å². The van der Waals surface area contributed by atoms with Gasteiger partial charge in [-0.3, -0.25) is 4.79 Å². The zero-order valence-electron chi connectivity index (χ0n) is 17.6. The van der Waals surface area contributed by atoms with Crippen LogP contribution in [0, 0.1) is 18.3 Å². The van der Waals surface area contributed by atoms with Crippen molar-refractivity contribution in [2.45, 2.75) is 13.5 Å². The normalized spacial score (nSPS) is 10.9. The molecule has 0 aliphatic carbocycles. The van der Waals surface area contributed by atoms with Crippen molar-refractivity contribution in [3.05, 3.63) is 118 Å². The van der Waals surface area contributed by atoms with Crippen molar-refractivity contribution in [1.29, 1.82) is 5.26 Å². The van der Waals surface area contributed by atoms with E-state index in [1.165, 1.54) is 0 Å². The number of aromatic nitrogens is 3. The number of rotatable bonds is 4. The second kappa shape index (κ2) is 8.01. The molecule has 2 aromatic heterocycles. The van der Waals surface area contributed by atoms with Gasteiger partial charge in [0.05, 0.1) is 29.6 Å². The first-order valence-corrected chi connectivity index (χ1v) is 10.4. The van der Waals surface area contributed by atoms with Crippen LogP contribution in [-0.2, 0) is 6.54 Å². The van der Waals surface area contributed by atoms with Crippen LogP contribution in [0.4, 0.5) is 0 Å². The van der Waals surface area contributed by atoms with E-state index in [1.807, 2.05) is 90.6 Å². The number of aryl methyl sites for hydroxylation is 1. The van der Waals surface area contributed by atoms with Crippen molar-refractivity contribution in [1.82, 2.24) is 14.3 Å². The van der Waals surface area contributed by atoms with E-state index < -0.39 is 0 Å². The lowest BCUT2D eigenvalue weighted by atomic mass is 10.1. The van der Waals surface area contributed by atoms with E-state index in [-0.39, 0.29) is 5.56 Å². The van der Waals surface area contributed by atoms with Gasteiger partial charge >= 0.3 is 0 Å². The summed E-state index contributed by atoms with van der Waals surface area (Å²) in [4.78, 5) is 13.4. The van der Waals surface area contributed by atoms with Crippen molar-refractivity contribution < 1.29 is 0 Å². The van der Waals surface area contributed by atoms with Gasteiger partial charge < -0.3 is 4.57 Å². The summed E-state index contributed by atoms with van der Waals surface area (Å²) in [6.07, 6.45) is 1.83. The van der Waals surface area contributed by atoms with E-state index in [9.17, 15) is 4.79 Å². The third-order valence-corrected chi connectivity index (χ3v) is 5.57. The maximum absolute atomic E-state index is 13.4. The van der Waals surface area contributed by atoms with Gasteiger partial charge in [-0.05, 0) is 42.8 Å². The molecule has 0 amide bonds. The molecule has 0 aliphatic rings. The molecule has 0 saturated carbocycles. The zero-order chi connectivity index (χ0) is 22.1. The summed E-state index contributed by atoms with van der Waals surface area (Å²) in [6.45, 7) is 2.52. The van der Waals surface area contributed by atoms with Crippen LogP contribution in [0.1, 0.15) is 16.7 Å². The van der Waals surface area contributed by atoms with Gasteiger partial charge in [-0.2, -0.15) is 10.4 Å². The van der Waals surface area contributed by atoms with E-state index in [1.54, 1.807) is 16.7 Å². The summed E-state index contributed by atoms with van der Waals surface area (Å²) in [7, 11) is 0. The Balaban J connectivity index is 1.72. The fraction of sp³-hybridized carbons (Fsp3) is 0.0741. The van der Waals surface area contributed by atoms with Crippen molar-refractivity contribution >= 4 is 10.9 Å². The van der Waals surface area contributed by atoms with Gasteiger partial charge in [0.15, 0.2) is 5.52 Å². The molecule has 0 aliphatic heterocycles. The second-order valence-electron chi connectivity index (χ2n) is 7.78. The summed E-state index contributed by atoms with van der Waals surface area (Å²) in [5.41, 5.74) is 5.68. The number of hydrogen-bond acceptors (Lipinski definition) is 3. The molecular formula is C27H20N4O. The summed E-state index contributed by atoms with van der Waals surface area (Å²) in [5.74, 6) is 0. The first-order valence-electron chi connectivity index (χ1n) is 10.4. The van der Waals surface area contributed by atoms with Crippen LogP contribution in [0.25, 0.3) is 27.8 Å². The van der Waals surface area contributed by atoms with Crippen molar-refractivity contribution in [3.8, 4) is 23.0 Å². The Labute approximate surface area is 185 Å². The van der Waals surface area contributed by atoms with Crippen LogP contribution < -0.4 is 5.56 Å². The first-order chi connectivity index (χ1) is 15.6. The predicted octanol–water partition coefficient (Wildman–Crippen LogP) is 5.08. The second-order valence-corrected chi connectivity index (χ2v) is 7.78. The summed E-state index contributed by atoms with van der Waals surface area (Å²) in [5, 5.41) is 14.7. The van der Waals surface area contributed by atoms with Crippen molar-refractivity contribution in [2.24, 2.45) is 0 Å². The van der Waals surface area contributed by atoms with E-state index in [4.69, 9.17) is 10.4 Å². The van der Waals surface area contributed by atoms with Gasteiger partial charge in [-0.15, -0.1) is 0 Å². The van der Waals surface area contributed by atoms with Crippen LogP contribution in [0.5, 0.6) is 0 Å². The van der Waals surface area contributed by atoms with Gasteiger partial charge in [0.2, 0.25) is 0 Å². The molecular weight excluding hydrogens is 396 g/mol. The highest BCUT2D eigenvalue weighted by Crippen LogP contribution is 2.30. The third kappa shape index (κ3) is 3.48. The summed E-state index contributed by atoms with van der Waals surface area (Å²) < 4.78 is 3.51. The van der Waals surface area contributed by atoms with Gasteiger partial charge in [0.25, 0.3) is 5.56 Å². The molecule has 154 valence electrons. The van der Waals surface area contributed by atoms with Crippen LogP contribution in [0.2, 0.25) is 0 Å². The van der Waals surface area contributed by atoms with E-state index >= 15 is 0 Å². The minimum absolute atomic E-state index is 0.132. The van der Waals surface area contributed by atoms with E-state index in [2.05, 4.69) is 6.07 Å². The molecule has 2 heterocycles. The highest BCUT2D eigenvalue weighted by Gasteiger charge is 2.18. The molecule has 5 aromatic rings. The molecule has 0 atom stereocenters. The minimum Gasteiger partial charge on any atom is -0.309 e. The Morgan fingerprint density at radius 2 is 1.62 bits per heavy atom. The average molecular weight is 416 g/mol. The van der Waals surface area contributed by atoms with E-state index in [0.717, 1.165) is 33.5 Å². The topological polar surface area (TPSA) is 63.6 Å². The predicted molar refractivity (Wildman–Crippen MR) is 126 cm³/mol. The molecule has 0 fully saturated rings. The number of hydrogen-bond donors (Lipinski definition) is 0. The zero-order valence-corrected chi connectivity index (χ0v) is 17.6. The van der Waals surface area contributed by atoms with Gasteiger partial charge in [0.1, 0.15) is 0 Å². The lowest BCUT2D eigenvalue weighted by molar-refractivity contribution is 0.763. The fourth-order valence-corrected chi connectivity index (χ4v) is 3.87. The Morgan fingerprint density at radius 1 is 0.906 bits per heavy atom. The fourth-order valence-electron chi connectivity index (χ4n) is 3.87. The molecule has 0 unspecified atom stereocenters. The van der Waals surface area contributed by atoms with Crippen molar-refractivity contribution in [3.63, 3.8) is 0 Å². The molecule has 0 bridgehead atoms.